The first-order valence-electron chi connectivity index (χ1n) is 9.12. The van der Waals surface area contributed by atoms with E-state index < -0.39 is 0 Å². The fourth-order valence-corrected chi connectivity index (χ4v) is 3.58. The van der Waals surface area contributed by atoms with Crippen molar-refractivity contribution < 1.29 is 4.74 Å². The molecule has 4 rings (SSSR count). The van der Waals surface area contributed by atoms with E-state index in [4.69, 9.17) is 10.5 Å². The van der Waals surface area contributed by atoms with Crippen LogP contribution >= 0.6 is 0 Å². The van der Waals surface area contributed by atoms with Crippen molar-refractivity contribution in [2.24, 2.45) is 0 Å². The van der Waals surface area contributed by atoms with Crippen LogP contribution in [0.1, 0.15) is 29.4 Å². The largest absolute Gasteiger partial charge is 0.381 e. The van der Waals surface area contributed by atoms with Crippen LogP contribution in [0.2, 0.25) is 0 Å². The van der Waals surface area contributed by atoms with E-state index in [-0.39, 0.29) is 0 Å². The molecule has 138 valence electrons. The van der Waals surface area contributed by atoms with E-state index in [1.807, 2.05) is 20.0 Å². The lowest BCUT2D eigenvalue weighted by molar-refractivity contribution is 0.193. The monoisotopic (exact) mass is 355 g/mol. The van der Waals surface area contributed by atoms with Gasteiger partial charge in [0, 0.05) is 51.0 Å². The Hall–Kier alpha value is -2.48. The number of hydrogen-bond donors (Lipinski definition) is 1. The number of nitrogens with two attached hydrogens (primary N) is 1. The first-order chi connectivity index (χ1) is 12.6. The van der Waals surface area contributed by atoms with E-state index in [0.717, 1.165) is 74.5 Å². The Balaban J connectivity index is 1.48. The second-order valence-corrected chi connectivity index (χ2v) is 6.96. The molecule has 0 radical (unpaired) electrons. The second-order valence-electron chi connectivity index (χ2n) is 6.96. The molecule has 26 heavy (non-hydrogen) atoms. The van der Waals surface area contributed by atoms with Crippen molar-refractivity contribution in [3.05, 3.63) is 29.3 Å². The average Bonchev–Trinajstić information content (AvgIpc) is 3.18. The Kier molecular flexibility index (Phi) is 4.58. The Labute approximate surface area is 153 Å². The summed E-state index contributed by atoms with van der Waals surface area (Å²) in [6.07, 6.45) is 2.81. The van der Waals surface area contributed by atoms with Gasteiger partial charge in [-0.1, -0.05) is 0 Å². The summed E-state index contributed by atoms with van der Waals surface area (Å²) < 4.78 is 5.49. The van der Waals surface area contributed by atoms with Crippen LogP contribution < -0.4 is 15.5 Å². The number of piperazine rings is 1. The van der Waals surface area contributed by atoms with Gasteiger partial charge in [0.15, 0.2) is 0 Å². The third kappa shape index (κ3) is 3.41. The lowest BCUT2D eigenvalue weighted by Gasteiger charge is -2.36. The van der Waals surface area contributed by atoms with Gasteiger partial charge in [0.2, 0.25) is 5.95 Å². The summed E-state index contributed by atoms with van der Waals surface area (Å²) in [5.41, 5.74) is 8.88. The van der Waals surface area contributed by atoms with Crippen LogP contribution in [-0.4, -0.2) is 59.3 Å². The summed E-state index contributed by atoms with van der Waals surface area (Å²) in [6, 6.07) is 2.07. The normalized spacial score (nSPS) is 20.6. The van der Waals surface area contributed by atoms with Gasteiger partial charge in [0.05, 0.1) is 23.7 Å². The number of ether oxygens (including phenoxy) is 1. The SMILES string of the molecule is Cc1cnc(C)c(N2CCN(c3cc([C@H]4CCOC4)nc(N)n3)CC2)n1. The number of hydrogen-bond acceptors (Lipinski definition) is 8. The Bertz CT molecular complexity index is 783. The van der Waals surface area contributed by atoms with Gasteiger partial charge in [0.25, 0.3) is 0 Å². The third-order valence-electron chi connectivity index (χ3n) is 5.05. The fraction of sp³-hybridized carbons (Fsp3) is 0.556. The molecule has 0 bridgehead atoms. The van der Waals surface area contributed by atoms with Crippen LogP contribution in [0.25, 0.3) is 0 Å². The van der Waals surface area contributed by atoms with Gasteiger partial charge < -0.3 is 20.3 Å². The highest BCUT2D eigenvalue weighted by atomic mass is 16.5. The van der Waals surface area contributed by atoms with Gasteiger partial charge in [-0.05, 0) is 20.3 Å². The lowest BCUT2D eigenvalue weighted by atomic mass is 10.0. The zero-order valence-corrected chi connectivity index (χ0v) is 15.4. The number of aromatic nitrogens is 4. The molecule has 1 atom stereocenters. The molecule has 0 unspecified atom stereocenters. The van der Waals surface area contributed by atoms with Crippen LogP contribution in [0.15, 0.2) is 12.3 Å². The molecule has 8 heteroatoms. The van der Waals surface area contributed by atoms with Crippen LogP contribution in [0.5, 0.6) is 0 Å². The molecular formula is C18H25N7O. The molecule has 2 saturated heterocycles. The van der Waals surface area contributed by atoms with Crippen molar-refractivity contribution in [2.75, 3.05) is 54.9 Å². The first kappa shape index (κ1) is 17.0. The minimum atomic E-state index is 0.325. The van der Waals surface area contributed by atoms with Gasteiger partial charge in [-0.25, -0.2) is 9.97 Å². The van der Waals surface area contributed by atoms with E-state index in [9.17, 15) is 0 Å². The molecule has 0 spiro atoms. The molecule has 8 nitrogen and oxygen atoms in total. The van der Waals surface area contributed by atoms with Crippen molar-refractivity contribution >= 4 is 17.6 Å². The number of aryl methyl sites for hydroxylation is 2. The molecule has 0 aliphatic carbocycles. The van der Waals surface area contributed by atoms with Crippen molar-refractivity contribution in [2.45, 2.75) is 26.2 Å². The predicted molar refractivity (Wildman–Crippen MR) is 101 cm³/mol. The van der Waals surface area contributed by atoms with E-state index in [1.165, 1.54) is 0 Å². The first-order valence-corrected chi connectivity index (χ1v) is 9.12. The zero-order valence-electron chi connectivity index (χ0n) is 15.4. The summed E-state index contributed by atoms with van der Waals surface area (Å²) >= 11 is 0. The van der Waals surface area contributed by atoms with Gasteiger partial charge in [-0.2, -0.15) is 4.98 Å². The molecule has 2 aromatic rings. The lowest BCUT2D eigenvalue weighted by Crippen LogP contribution is -2.47. The average molecular weight is 355 g/mol. The maximum absolute atomic E-state index is 5.97. The number of nitrogen functional groups attached to an aromatic ring is 1. The molecular weight excluding hydrogens is 330 g/mol. The summed E-state index contributed by atoms with van der Waals surface area (Å²) in [4.78, 5) is 22.5. The summed E-state index contributed by atoms with van der Waals surface area (Å²) in [5, 5.41) is 0. The highest BCUT2D eigenvalue weighted by molar-refractivity contribution is 5.49. The van der Waals surface area contributed by atoms with Gasteiger partial charge >= 0.3 is 0 Å². The van der Waals surface area contributed by atoms with Crippen molar-refractivity contribution in [1.82, 2.24) is 19.9 Å². The third-order valence-corrected chi connectivity index (χ3v) is 5.05. The zero-order chi connectivity index (χ0) is 18.1. The summed E-state index contributed by atoms with van der Waals surface area (Å²) in [5.74, 6) is 2.56. The molecule has 2 N–H and O–H groups in total. The van der Waals surface area contributed by atoms with E-state index in [1.54, 1.807) is 0 Å². The maximum atomic E-state index is 5.97. The number of nitrogens with zero attached hydrogens (tertiary/aromatic N) is 6. The second kappa shape index (κ2) is 7.03. The molecule has 0 amide bonds. The quantitative estimate of drug-likeness (QED) is 0.880. The molecule has 2 aliphatic rings. The Morgan fingerprint density at radius 1 is 1.08 bits per heavy atom. The number of rotatable bonds is 3. The van der Waals surface area contributed by atoms with Crippen LogP contribution in [0.4, 0.5) is 17.6 Å². The fourth-order valence-electron chi connectivity index (χ4n) is 3.58. The molecule has 2 fully saturated rings. The Morgan fingerprint density at radius 2 is 1.85 bits per heavy atom. The van der Waals surface area contributed by atoms with Crippen LogP contribution in [0.3, 0.4) is 0 Å². The van der Waals surface area contributed by atoms with Crippen LogP contribution in [0, 0.1) is 13.8 Å². The van der Waals surface area contributed by atoms with Gasteiger partial charge in [0.1, 0.15) is 11.6 Å². The number of anilines is 3. The molecule has 2 aromatic heterocycles. The topological polar surface area (TPSA) is 93.3 Å². The smallest absolute Gasteiger partial charge is 0.222 e. The molecule has 0 aromatic carbocycles. The predicted octanol–water partition coefficient (Wildman–Crippen LogP) is 1.30. The van der Waals surface area contributed by atoms with Crippen molar-refractivity contribution in [1.29, 1.82) is 0 Å². The highest BCUT2D eigenvalue weighted by Crippen LogP contribution is 2.27. The van der Waals surface area contributed by atoms with Gasteiger partial charge in [-0.3, -0.25) is 4.98 Å². The standard InChI is InChI=1S/C18H25N7O/c1-12-10-20-13(2)17(21-12)25-6-4-24(5-7-25)16-9-15(22-18(19)23-16)14-3-8-26-11-14/h9-10,14H,3-8,11H2,1-2H3,(H2,19,22,23)/t14-/m0/s1. The van der Waals surface area contributed by atoms with Crippen molar-refractivity contribution in [3.8, 4) is 0 Å². The van der Waals surface area contributed by atoms with Crippen LogP contribution in [-0.2, 0) is 4.74 Å². The molecule has 2 aliphatic heterocycles. The van der Waals surface area contributed by atoms with Gasteiger partial charge in [-0.15, -0.1) is 0 Å². The highest BCUT2D eigenvalue weighted by Gasteiger charge is 2.24. The van der Waals surface area contributed by atoms with E-state index in [0.29, 0.717) is 11.9 Å². The van der Waals surface area contributed by atoms with E-state index in [2.05, 4.69) is 35.8 Å². The summed E-state index contributed by atoms with van der Waals surface area (Å²) in [7, 11) is 0. The van der Waals surface area contributed by atoms with E-state index >= 15 is 0 Å². The summed E-state index contributed by atoms with van der Waals surface area (Å²) in [6.45, 7) is 8.99. The minimum absolute atomic E-state index is 0.325. The van der Waals surface area contributed by atoms with Crippen molar-refractivity contribution in [3.63, 3.8) is 0 Å². The maximum Gasteiger partial charge on any atom is 0.222 e. The Morgan fingerprint density at radius 3 is 2.58 bits per heavy atom. The molecule has 0 saturated carbocycles. The minimum Gasteiger partial charge on any atom is -0.381 e. The molecule has 4 heterocycles.